The van der Waals surface area contributed by atoms with E-state index in [1.807, 2.05) is 0 Å². The van der Waals surface area contributed by atoms with E-state index in [9.17, 15) is 31.1 Å². The van der Waals surface area contributed by atoms with E-state index in [1.54, 1.807) is 4.90 Å². The molecule has 4 rings (SSSR count). The molecular weight excluding hydrogens is 509 g/mol. The van der Waals surface area contributed by atoms with Gasteiger partial charge < -0.3 is 16.0 Å². The van der Waals surface area contributed by atoms with Gasteiger partial charge in [0.25, 0.3) is 5.92 Å². The summed E-state index contributed by atoms with van der Waals surface area (Å²) >= 11 is 0. The number of piperidine rings is 1. The molecule has 2 fully saturated rings. The highest BCUT2D eigenvalue weighted by Crippen LogP contribution is 2.44. The Morgan fingerprint density at radius 3 is 2.51 bits per heavy atom. The number of nitrogens with two attached hydrogens (primary N) is 1. The van der Waals surface area contributed by atoms with Crippen molar-refractivity contribution in [1.82, 2.24) is 14.9 Å². The average Bonchev–Trinajstić information content (AvgIpc) is 3.13. The van der Waals surface area contributed by atoms with Gasteiger partial charge in [-0.25, -0.2) is 23.1 Å². The fourth-order valence-corrected chi connectivity index (χ4v) is 4.75. The van der Waals surface area contributed by atoms with Crippen molar-refractivity contribution in [3.8, 4) is 0 Å². The van der Waals surface area contributed by atoms with E-state index in [2.05, 4.69) is 15.3 Å². The summed E-state index contributed by atoms with van der Waals surface area (Å²) in [5, 5.41) is 2.72. The number of amides is 1. The first-order valence-corrected chi connectivity index (χ1v) is 11.5. The number of primary amides is 1. The lowest BCUT2D eigenvalue weighted by Gasteiger charge is -2.34. The predicted octanol–water partition coefficient (Wildman–Crippen LogP) is 3.78. The van der Waals surface area contributed by atoms with Gasteiger partial charge in [-0.2, -0.15) is 17.6 Å². The fourth-order valence-electron chi connectivity index (χ4n) is 4.75. The maximum absolute atomic E-state index is 15.4. The second-order valence-electron chi connectivity index (χ2n) is 9.33. The number of alkyl halides is 6. The molecule has 0 bridgehead atoms. The topological polar surface area (TPSA) is 87.4 Å². The summed E-state index contributed by atoms with van der Waals surface area (Å²) in [6.45, 7) is -0.547. The number of nitrogens with zero attached hydrogens (tertiary/aromatic N) is 4. The number of benzene rings is 1. The molecular formula is C23H25F7N6O. The number of nitrogens with one attached hydrogen (secondary N) is 1. The molecule has 1 aromatic heterocycles. The molecule has 3 N–H and O–H groups in total. The van der Waals surface area contributed by atoms with Crippen molar-refractivity contribution in [3.05, 3.63) is 47.5 Å². The Kier molecular flexibility index (Phi) is 7.49. The first kappa shape index (κ1) is 26.9. The van der Waals surface area contributed by atoms with Gasteiger partial charge in [-0.05, 0) is 30.7 Å². The van der Waals surface area contributed by atoms with Crippen LogP contribution < -0.4 is 16.0 Å². The number of anilines is 2. The number of halogens is 7. The van der Waals surface area contributed by atoms with Gasteiger partial charge in [0, 0.05) is 25.4 Å². The molecule has 0 spiro atoms. The Balaban J connectivity index is 1.50. The van der Waals surface area contributed by atoms with Crippen molar-refractivity contribution >= 4 is 17.5 Å². The van der Waals surface area contributed by atoms with Gasteiger partial charge in [0.05, 0.1) is 24.7 Å². The summed E-state index contributed by atoms with van der Waals surface area (Å²) in [4.78, 5) is 21.3. The number of hydrogen-bond acceptors (Lipinski definition) is 6. The van der Waals surface area contributed by atoms with Crippen LogP contribution in [0, 0.1) is 11.7 Å². The summed E-state index contributed by atoms with van der Waals surface area (Å²) in [5.74, 6) is -6.09. The monoisotopic (exact) mass is 534 g/mol. The van der Waals surface area contributed by atoms with Crippen LogP contribution in [0.3, 0.4) is 0 Å². The number of carbonyl (C=O) groups excluding carboxylic acids is 1. The van der Waals surface area contributed by atoms with Gasteiger partial charge >= 0.3 is 6.18 Å². The summed E-state index contributed by atoms with van der Waals surface area (Å²) in [6, 6.07) is 2.63. The van der Waals surface area contributed by atoms with E-state index < -0.39 is 66.3 Å². The summed E-state index contributed by atoms with van der Waals surface area (Å²) in [5.41, 5.74) is 4.36. The van der Waals surface area contributed by atoms with E-state index in [-0.39, 0.29) is 31.0 Å². The van der Waals surface area contributed by atoms with Gasteiger partial charge in [-0.3, -0.25) is 9.69 Å². The Hall–Kier alpha value is -3.16. The normalized spacial score (nSPS) is 24.3. The Bertz CT molecular complexity index is 1110. The molecule has 7 nitrogen and oxygen atoms in total. The third kappa shape index (κ3) is 6.22. The van der Waals surface area contributed by atoms with E-state index in [1.165, 1.54) is 0 Å². The second-order valence-corrected chi connectivity index (χ2v) is 9.33. The molecule has 3 heterocycles. The number of aromatic nitrogens is 2. The van der Waals surface area contributed by atoms with E-state index in [0.29, 0.717) is 13.0 Å². The quantitative estimate of drug-likeness (QED) is 0.526. The third-order valence-corrected chi connectivity index (χ3v) is 6.61. The van der Waals surface area contributed by atoms with Crippen LogP contribution in [0.1, 0.15) is 30.0 Å². The van der Waals surface area contributed by atoms with Crippen molar-refractivity contribution in [2.24, 2.45) is 11.7 Å². The lowest BCUT2D eigenvalue weighted by atomic mass is 9.95. The maximum atomic E-state index is 15.4. The van der Waals surface area contributed by atoms with Crippen LogP contribution in [0.5, 0.6) is 0 Å². The van der Waals surface area contributed by atoms with Crippen LogP contribution in [0.4, 0.5) is 42.4 Å². The van der Waals surface area contributed by atoms with Crippen molar-refractivity contribution in [3.63, 3.8) is 0 Å². The number of likely N-dealkylation sites (tertiary alicyclic amines) is 1. The van der Waals surface area contributed by atoms with Gasteiger partial charge in [-0.1, -0.05) is 12.1 Å². The molecule has 1 amide bonds. The van der Waals surface area contributed by atoms with Gasteiger partial charge in [0.1, 0.15) is 12.5 Å². The van der Waals surface area contributed by atoms with Crippen LogP contribution in [0.25, 0.3) is 0 Å². The zero-order valence-electron chi connectivity index (χ0n) is 19.5. The third-order valence-electron chi connectivity index (χ3n) is 6.61. The number of rotatable bonds is 7. The lowest BCUT2D eigenvalue weighted by molar-refractivity contribution is -0.137. The second kappa shape index (κ2) is 10.3. The minimum Gasteiger partial charge on any atom is -0.369 e. The summed E-state index contributed by atoms with van der Waals surface area (Å²) in [6.07, 6.45) is -5.29. The summed E-state index contributed by atoms with van der Waals surface area (Å²) < 4.78 is 97.4. The Morgan fingerprint density at radius 2 is 1.89 bits per heavy atom. The van der Waals surface area contributed by atoms with Crippen LogP contribution in [-0.4, -0.2) is 65.6 Å². The molecule has 2 aliphatic rings. The molecule has 3 atom stereocenters. The first-order valence-electron chi connectivity index (χ1n) is 11.5. The molecule has 1 aromatic carbocycles. The lowest BCUT2D eigenvalue weighted by Crippen LogP contribution is -2.46. The highest BCUT2D eigenvalue weighted by Gasteiger charge is 2.47. The van der Waals surface area contributed by atoms with Gasteiger partial charge in [0.15, 0.2) is 11.6 Å². The van der Waals surface area contributed by atoms with Crippen LogP contribution in [-0.2, 0) is 11.0 Å². The molecule has 202 valence electrons. The molecule has 2 aromatic rings. The minimum atomic E-state index is -4.59. The average molecular weight is 534 g/mol. The van der Waals surface area contributed by atoms with Gasteiger partial charge in [0.2, 0.25) is 11.7 Å². The standard InChI is InChI=1S/C23H25F7N6O/c24-16-9-35(10-18(31)37)6-5-14(16)8-32-20-19(25)21(34-12-33-20)36-11-22(26,27)7-17(36)13-1-3-15(4-2-13)23(28,29)30/h1-4,12,14,16-17H,5-11H2,(H2,31,37)(H,32,33,34). The SMILES string of the molecule is NC(=O)CN1CCC(CNc2ncnc(N3CC(F)(F)CC3c3ccc(C(F)(F)F)cc3)c2F)C(F)C1. The number of carbonyl (C=O) groups is 1. The zero-order valence-corrected chi connectivity index (χ0v) is 19.5. The minimum absolute atomic E-state index is 0.00254. The van der Waals surface area contributed by atoms with Crippen LogP contribution in [0.15, 0.2) is 30.6 Å². The number of hydrogen-bond donors (Lipinski definition) is 2. The van der Waals surface area contributed by atoms with Crippen LogP contribution >= 0.6 is 0 Å². The van der Waals surface area contributed by atoms with E-state index >= 15 is 4.39 Å². The molecule has 37 heavy (non-hydrogen) atoms. The molecule has 0 radical (unpaired) electrons. The van der Waals surface area contributed by atoms with Crippen molar-refractivity contribution in [1.29, 1.82) is 0 Å². The maximum Gasteiger partial charge on any atom is 0.416 e. The van der Waals surface area contributed by atoms with E-state index in [0.717, 1.165) is 35.5 Å². The molecule has 0 saturated carbocycles. The van der Waals surface area contributed by atoms with E-state index in [4.69, 9.17) is 5.73 Å². The summed E-state index contributed by atoms with van der Waals surface area (Å²) in [7, 11) is 0. The van der Waals surface area contributed by atoms with Crippen molar-refractivity contribution in [2.45, 2.75) is 37.2 Å². The molecule has 2 saturated heterocycles. The zero-order chi connectivity index (χ0) is 27.0. The van der Waals surface area contributed by atoms with Gasteiger partial charge in [-0.15, -0.1) is 0 Å². The smallest absolute Gasteiger partial charge is 0.369 e. The molecule has 0 aliphatic carbocycles. The van der Waals surface area contributed by atoms with Crippen molar-refractivity contribution in [2.75, 3.05) is 42.9 Å². The first-order chi connectivity index (χ1) is 17.3. The highest BCUT2D eigenvalue weighted by atomic mass is 19.4. The fraction of sp³-hybridized carbons (Fsp3) is 0.522. The van der Waals surface area contributed by atoms with Crippen molar-refractivity contribution < 1.29 is 35.5 Å². The molecule has 3 unspecified atom stereocenters. The van der Waals surface area contributed by atoms with Crippen LogP contribution in [0.2, 0.25) is 0 Å². The Labute approximate surface area is 207 Å². The molecule has 14 heteroatoms. The highest BCUT2D eigenvalue weighted by molar-refractivity contribution is 5.75. The Morgan fingerprint density at radius 1 is 1.19 bits per heavy atom. The predicted molar refractivity (Wildman–Crippen MR) is 120 cm³/mol. The molecule has 2 aliphatic heterocycles. The largest absolute Gasteiger partial charge is 0.416 e.